The van der Waals surface area contributed by atoms with E-state index in [1.807, 2.05) is 6.07 Å². The van der Waals surface area contributed by atoms with Crippen molar-refractivity contribution in [3.05, 3.63) is 36.1 Å². The number of rotatable bonds is 7. The Morgan fingerprint density at radius 2 is 2.11 bits per heavy atom. The molecule has 0 aromatic heterocycles. The molecule has 0 radical (unpaired) electrons. The van der Waals surface area contributed by atoms with E-state index in [4.69, 9.17) is 14.6 Å². The number of benzene rings is 1. The van der Waals surface area contributed by atoms with Crippen molar-refractivity contribution in [2.45, 2.75) is 19.8 Å². The molecule has 0 saturated carbocycles. The van der Waals surface area contributed by atoms with E-state index in [2.05, 4.69) is 6.92 Å². The number of carboxylic acids is 1. The minimum absolute atomic E-state index is 0.0876. The lowest BCUT2D eigenvalue weighted by Gasteiger charge is -2.11. The Labute approximate surface area is 107 Å². The van der Waals surface area contributed by atoms with Gasteiger partial charge in [-0.2, -0.15) is 0 Å². The molecule has 0 fully saturated rings. The van der Waals surface area contributed by atoms with Crippen LogP contribution in [-0.4, -0.2) is 24.8 Å². The van der Waals surface area contributed by atoms with Crippen molar-refractivity contribution in [3.63, 3.8) is 0 Å². The highest BCUT2D eigenvalue weighted by molar-refractivity contribution is 6.15. The zero-order chi connectivity index (χ0) is 13.4. The topological polar surface area (TPSA) is 55.8 Å². The van der Waals surface area contributed by atoms with Crippen molar-refractivity contribution in [1.82, 2.24) is 0 Å². The van der Waals surface area contributed by atoms with Crippen molar-refractivity contribution in [2.24, 2.45) is 0 Å². The van der Waals surface area contributed by atoms with Gasteiger partial charge in [-0.15, -0.1) is 0 Å². The van der Waals surface area contributed by atoms with Gasteiger partial charge in [-0.3, -0.25) is 0 Å². The van der Waals surface area contributed by atoms with Gasteiger partial charge in [0.1, 0.15) is 11.3 Å². The minimum atomic E-state index is -1.04. The van der Waals surface area contributed by atoms with Crippen molar-refractivity contribution >= 4 is 11.5 Å². The van der Waals surface area contributed by atoms with E-state index in [-0.39, 0.29) is 5.57 Å². The van der Waals surface area contributed by atoms with Crippen LogP contribution in [0.25, 0.3) is 5.57 Å². The van der Waals surface area contributed by atoms with Gasteiger partial charge >= 0.3 is 5.97 Å². The van der Waals surface area contributed by atoms with Crippen molar-refractivity contribution in [1.29, 1.82) is 0 Å². The number of hydrogen-bond acceptors (Lipinski definition) is 3. The molecule has 0 unspecified atom stereocenters. The van der Waals surface area contributed by atoms with Gasteiger partial charge in [-0.1, -0.05) is 31.5 Å². The number of ether oxygens (including phenoxy) is 2. The molecule has 0 aliphatic rings. The molecule has 0 heterocycles. The molecule has 0 saturated heterocycles. The largest absolute Gasteiger partial charge is 0.503 e. The Kier molecular flexibility index (Phi) is 5.77. The van der Waals surface area contributed by atoms with E-state index in [0.717, 1.165) is 12.8 Å². The highest BCUT2D eigenvalue weighted by Crippen LogP contribution is 2.26. The predicted molar refractivity (Wildman–Crippen MR) is 69.5 cm³/mol. The third kappa shape index (κ3) is 3.80. The van der Waals surface area contributed by atoms with Crippen LogP contribution in [0.3, 0.4) is 0 Å². The summed E-state index contributed by atoms with van der Waals surface area (Å²) in [6, 6.07) is 7.06. The fraction of sp³-hybridized carbons (Fsp3) is 0.357. The zero-order valence-corrected chi connectivity index (χ0v) is 10.7. The van der Waals surface area contributed by atoms with Crippen molar-refractivity contribution in [2.75, 3.05) is 13.7 Å². The number of para-hydroxylation sites is 1. The van der Waals surface area contributed by atoms with Crippen LogP contribution in [0.1, 0.15) is 25.3 Å². The lowest BCUT2D eigenvalue weighted by Crippen LogP contribution is -2.04. The second-order valence-electron chi connectivity index (χ2n) is 3.77. The number of aliphatic carboxylic acids is 1. The van der Waals surface area contributed by atoms with Crippen LogP contribution in [0.5, 0.6) is 5.75 Å². The highest BCUT2D eigenvalue weighted by atomic mass is 16.5. The second kappa shape index (κ2) is 7.37. The Morgan fingerprint density at radius 3 is 2.72 bits per heavy atom. The van der Waals surface area contributed by atoms with E-state index in [0.29, 0.717) is 17.9 Å². The fourth-order valence-corrected chi connectivity index (χ4v) is 1.49. The Balaban J connectivity index is 2.99. The van der Waals surface area contributed by atoms with Gasteiger partial charge < -0.3 is 14.6 Å². The molecular weight excluding hydrogens is 232 g/mol. The average Bonchev–Trinajstić information content (AvgIpc) is 2.37. The van der Waals surface area contributed by atoms with Crippen molar-refractivity contribution < 1.29 is 19.4 Å². The molecule has 1 N–H and O–H groups in total. The summed E-state index contributed by atoms with van der Waals surface area (Å²) in [7, 11) is 1.42. The summed E-state index contributed by atoms with van der Waals surface area (Å²) in [6.07, 6.45) is 3.18. The molecular formula is C14H18O4. The molecule has 4 heteroatoms. The van der Waals surface area contributed by atoms with E-state index in [1.165, 1.54) is 13.4 Å². The lowest BCUT2D eigenvalue weighted by atomic mass is 10.1. The van der Waals surface area contributed by atoms with E-state index >= 15 is 0 Å². The van der Waals surface area contributed by atoms with Gasteiger partial charge in [0.2, 0.25) is 0 Å². The third-order valence-corrected chi connectivity index (χ3v) is 2.40. The standard InChI is InChI=1S/C14H18O4/c1-3-4-9-18-13-8-6-5-7-11(13)12(10-17-2)14(15)16/h5-8,10H,3-4,9H2,1-2H3,(H,15,16). The summed E-state index contributed by atoms with van der Waals surface area (Å²) in [5, 5.41) is 9.15. The molecule has 1 aromatic carbocycles. The zero-order valence-electron chi connectivity index (χ0n) is 10.7. The molecule has 4 nitrogen and oxygen atoms in total. The Hall–Kier alpha value is -1.97. The van der Waals surface area contributed by atoms with Gasteiger partial charge in [0.15, 0.2) is 0 Å². The number of carbonyl (C=O) groups is 1. The molecule has 98 valence electrons. The molecule has 18 heavy (non-hydrogen) atoms. The van der Waals surface area contributed by atoms with E-state index < -0.39 is 5.97 Å². The molecule has 0 atom stereocenters. The molecule has 0 amide bonds. The first-order valence-corrected chi connectivity index (χ1v) is 5.89. The third-order valence-electron chi connectivity index (χ3n) is 2.40. The Morgan fingerprint density at radius 1 is 1.39 bits per heavy atom. The molecule has 0 aliphatic heterocycles. The normalized spacial score (nSPS) is 11.1. The second-order valence-corrected chi connectivity index (χ2v) is 3.77. The minimum Gasteiger partial charge on any atom is -0.503 e. The summed E-state index contributed by atoms with van der Waals surface area (Å²) < 4.78 is 10.4. The molecule has 0 bridgehead atoms. The van der Waals surface area contributed by atoms with Crippen molar-refractivity contribution in [3.8, 4) is 5.75 Å². The average molecular weight is 250 g/mol. The summed E-state index contributed by atoms with van der Waals surface area (Å²) in [4.78, 5) is 11.2. The first-order chi connectivity index (χ1) is 8.70. The summed E-state index contributed by atoms with van der Waals surface area (Å²) in [5.74, 6) is -0.472. The molecule has 0 aliphatic carbocycles. The first-order valence-electron chi connectivity index (χ1n) is 5.89. The molecule has 0 spiro atoms. The van der Waals surface area contributed by atoms with E-state index in [9.17, 15) is 4.79 Å². The summed E-state index contributed by atoms with van der Waals surface area (Å²) in [6.45, 7) is 2.65. The van der Waals surface area contributed by atoms with Crippen LogP contribution in [0, 0.1) is 0 Å². The van der Waals surface area contributed by atoms with Gasteiger partial charge in [0.25, 0.3) is 0 Å². The van der Waals surface area contributed by atoms with Crippen LogP contribution in [-0.2, 0) is 9.53 Å². The number of methoxy groups -OCH3 is 1. The van der Waals surface area contributed by atoms with Gasteiger partial charge in [0.05, 0.1) is 20.0 Å². The first kappa shape index (κ1) is 14.1. The maximum absolute atomic E-state index is 11.2. The SMILES string of the molecule is CCCCOc1ccccc1C(=COC)C(=O)O. The monoisotopic (exact) mass is 250 g/mol. The molecule has 1 aromatic rings. The number of carboxylic acid groups (broad SMARTS) is 1. The lowest BCUT2D eigenvalue weighted by molar-refractivity contribution is -0.130. The Bertz CT molecular complexity index is 424. The van der Waals surface area contributed by atoms with E-state index in [1.54, 1.807) is 18.2 Å². The maximum Gasteiger partial charge on any atom is 0.339 e. The number of hydrogen-bond donors (Lipinski definition) is 1. The number of unbranched alkanes of at least 4 members (excludes halogenated alkanes) is 1. The van der Waals surface area contributed by atoms with Crippen LogP contribution in [0.4, 0.5) is 0 Å². The fourth-order valence-electron chi connectivity index (χ4n) is 1.49. The maximum atomic E-state index is 11.2. The highest BCUT2D eigenvalue weighted by Gasteiger charge is 2.15. The smallest absolute Gasteiger partial charge is 0.339 e. The van der Waals surface area contributed by atoms with Crippen LogP contribution >= 0.6 is 0 Å². The van der Waals surface area contributed by atoms with Crippen LogP contribution < -0.4 is 4.74 Å². The quantitative estimate of drug-likeness (QED) is 0.459. The molecule has 1 rings (SSSR count). The van der Waals surface area contributed by atoms with Gasteiger partial charge in [0, 0.05) is 5.56 Å². The van der Waals surface area contributed by atoms with Crippen LogP contribution in [0.15, 0.2) is 30.5 Å². The van der Waals surface area contributed by atoms with Gasteiger partial charge in [-0.05, 0) is 12.5 Å². The van der Waals surface area contributed by atoms with Gasteiger partial charge in [-0.25, -0.2) is 4.79 Å². The van der Waals surface area contributed by atoms with Crippen LogP contribution in [0.2, 0.25) is 0 Å². The summed E-state index contributed by atoms with van der Waals surface area (Å²) in [5.41, 5.74) is 0.618. The predicted octanol–water partition coefficient (Wildman–Crippen LogP) is 2.94. The summed E-state index contributed by atoms with van der Waals surface area (Å²) >= 11 is 0.